The lowest BCUT2D eigenvalue weighted by molar-refractivity contribution is 0.779. The smallest absolute Gasteiger partial charge is 0.216 e. The fraction of sp³-hybridized carbons (Fsp3) is 0.333. The lowest BCUT2D eigenvalue weighted by Crippen LogP contribution is -2.00. The summed E-state index contributed by atoms with van der Waals surface area (Å²) in [5.41, 5.74) is 3.08. The summed E-state index contributed by atoms with van der Waals surface area (Å²) in [7, 11) is 0. The third kappa shape index (κ3) is 2.01. The highest BCUT2D eigenvalue weighted by Crippen LogP contribution is 2.19. The molecule has 3 heterocycles. The first-order valence-corrected chi connectivity index (χ1v) is 7.54. The SMILES string of the molecule is CCc1n[nH]c(=S)n1/N=C/c1c(C)nc2scc(C)n12. The maximum atomic E-state index is 5.18. The van der Waals surface area contributed by atoms with Gasteiger partial charge in [-0.2, -0.15) is 14.9 Å². The van der Waals surface area contributed by atoms with Gasteiger partial charge in [-0.05, 0) is 26.1 Å². The molecule has 0 radical (unpaired) electrons. The van der Waals surface area contributed by atoms with E-state index in [2.05, 4.69) is 37.0 Å². The van der Waals surface area contributed by atoms with Crippen LogP contribution in [0.5, 0.6) is 0 Å². The first-order chi connectivity index (χ1) is 9.61. The van der Waals surface area contributed by atoms with Crippen LogP contribution in [0, 0.1) is 18.6 Å². The molecule has 0 fully saturated rings. The number of rotatable bonds is 3. The van der Waals surface area contributed by atoms with Gasteiger partial charge in [-0.3, -0.25) is 9.50 Å². The van der Waals surface area contributed by atoms with Crippen molar-refractivity contribution in [1.29, 1.82) is 0 Å². The average molecular weight is 306 g/mol. The second kappa shape index (κ2) is 4.95. The van der Waals surface area contributed by atoms with Crippen LogP contribution in [0.1, 0.15) is 29.8 Å². The van der Waals surface area contributed by atoms with E-state index in [1.807, 2.05) is 13.8 Å². The quantitative estimate of drug-likeness (QED) is 0.598. The Kier molecular flexibility index (Phi) is 3.27. The summed E-state index contributed by atoms with van der Waals surface area (Å²) in [5.74, 6) is 0.812. The van der Waals surface area contributed by atoms with Gasteiger partial charge in [-0.25, -0.2) is 4.98 Å². The van der Waals surface area contributed by atoms with E-state index in [-0.39, 0.29) is 0 Å². The zero-order valence-electron chi connectivity index (χ0n) is 11.4. The van der Waals surface area contributed by atoms with Crippen molar-refractivity contribution < 1.29 is 0 Å². The summed E-state index contributed by atoms with van der Waals surface area (Å²) >= 11 is 6.81. The van der Waals surface area contributed by atoms with Crippen LogP contribution >= 0.6 is 23.6 Å². The highest BCUT2D eigenvalue weighted by molar-refractivity contribution is 7.71. The minimum Gasteiger partial charge on any atom is -0.286 e. The Balaban J connectivity index is 2.11. The van der Waals surface area contributed by atoms with Crippen LogP contribution in [0.25, 0.3) is 4.96 Å². The number of thiazole rings is 1. The van der Waals surface area contributed by atoms with Gasteiger partial charge in [0.25, 0.3) is 0 Å². The molecule has 6 nitrogen and oxygen atoms in total. The lowest BCUT2D eigenvalue weighted by Gasteiger charge is -1.98. The fourth-order valence-corrected chi connectivity index (χ4v) is 3.18. The van der Waals surface area contributed by atoms with Crippen molar-refractivity contribution in [3.05, 3.63) is 33.1 Å². The molecule has 0 aliphatic rings. The second-order valence-corrected chi connectivity index (χ2v) is 5.66. The molecule has 0 spiro atoms. The Hall–Kier alpha value is -1.80. The predicted octanol–water partition coefficient (Wildman–Crippen LogP) is 2.71. The van der Waals surface area contributed by atoms with Crippen molar-refractivity contribution in [2.45, 2.75) is 27.2 Å². The molecule has 8 heteroatoms. The summed E-state index contributed by atoms with van der Waals surface area (Å²) in [5, 5.41) is 13.4. The van der Waals surface area contributed by atoms with E-state index in [1.165, 1.54) is 0 Å². The van der Waals surface area contributed by atoms with Crippen molar-refractivity contribution in [2.75, 3.05) is 0 Å². The molecule has 104 valence electrons. The first-order valence-electron chi connectivity index (χ1n) is 6.25. The molecule has 0 aliphatic heterocycles. The van der Waals surface area contributed by atoms with E-state index in [0.29, 0.717) is 4.77 Å². The number of H-pyrrole nitrogens is 1. The number of hydrogen-bond donors (Lipinski definition) is 1. The molecule has 3 rings (SSSR count). The minimum atomic E-state index is 0.499. The molecule has 1 N–H and O–H groups in total. The first kappa shape index (κ1) is 13.2. The van der Waals surface area contributed by atoms with Crippen molar-refractivity contribution in [1.82, 2.24) is 24.3 Å². The van der Waals surface area contributed by atoms with Crippen molar-refractivity contribution >= 4 is 34.7 Å². The van der Waals surface area contributed by atoms with Crippen LogP contribution in [0.2, 0.25) is 0 Å². The maximum absolute atomic E-state index is 5.18. The number of nitrogens with one attached hydrogen (secondary N) is 1. The molecule has 0 unspecified atom stereocenters. The summed E-state index contributed by atoms with van der Waals surface area (Å²) < 4.78 is 4.24. The number of aryl methyl sites for hydroxylation is 3. The molecular weight excluding hydrogens is 292 g/mol. The maximum Gasteiger partial charge on any atom is 0.216 e. The third-order valence-electron chi connectivity index (χ3n) is 3.08. The highest BCUT2D eigenvalue weighted by Gasteiger charge is 2.10. The molecule has 0 bridgehead atoms. The van der Waals surface area contributed by atoms with Gasteiger partial charge in [0.05, 0.1) is 17.6 Å². The van der Waals surface area contributed by atoms with Gasteiger partial charge >= 0.3 is 0 Å². The van der Waals surface area contributed by atoms with Crippen LogP contribution < -0.4 is 0 Å². The Morgan fingerprint density at radius 2 is 2.30 bits per heavy atom. The van der Waals surface area contributed by atoms with Crippen LogP contribution in [0.15, 0.2) is 10.5 Å². The van der Waals surface area contributed by atoms with E-state index in [4.69, 9.17) is 12.2 Å². The average Bonchev–Trinajstić information content (AvgIpc) is 3.05. The van der Waals surface area contributed by atoms with Crippen molar-refractivity contribution in [3.63, 3.8) is 0 Å². The number of imidazole rings is 1. The summed E-state index contributed by atoms with van der Waals surface area (Å²) in [6, 6.07) is 0. The van der Waals surface area contributed by atoms with E-state index in [1.54, 1.807) is 22.2 Å². The Morgan fingerprint density at radius 1 is 1.50 bits per heavy atom. The van der Waals surface area contributed by atoms with Gasteiger partial charge in [0.1, 0.15) is 0 Å². The molecule has 20 heavy (non-hydrogen) atoms. The van der Waals surface area contributed by atoms with Gasteiger partial charge in [0, 0.05) is 17.5 Å². The number of hydrogen-bond acceptors (Lipinski definition) is 5. The highest BCUT2D eigenvalue weighted by atomic mass is 32.1. The number of aromatic amines is 1. The summed E-state index contributed by atoms with van der Waals surface area (Å²) in [4.78, 5) is 5.51. The van der Waals surface area contributed by atoms with Crippen molar-refractivity contribution in [3.8, 4) is 0 Å². The van der Waals surface area contributed by atoms with Gasteiger partial charge in [0.2, 0.25) is 4.77 Å². The van der Waals surface area contributed by atoms with Crippen LogP contribution in [-0.2, 0) is 6.42 Å². The monoisotopic (exact) mass is 306 g/mol. The Bertz CT molecular complexity index is 847. The zero-order valence-corrected chi connectivity index (χ0v) is 13.0. The van der Waals surface area contributed by atoms with Crippen LogP contribution in [0.3, 0.4) is 0 Å². The zero-order chi connectivity index (χ0) is 14.3. The van der Waals surface area contributed by atoms with Gasteiger partial charge < -0.3 is 0 Å². The second-order valence-electron chi connectivity index (χ2n) is 4.43. The summed E-state index contributed by atoms with van der Waals surface area (Å²) in [6.07, 6.45) is 2.56. The standard InChI is InChI=1S/C12H14N6S2/c1-4-10-15-16-11(19)18(10)13-5-9-8(3)14-12-17(9)7(2)6-20-12/h5-6H,4H2,1-3H3,(H,16,19)/b13-5+. The lowest BCUT2D eigenvalue weighted by atomic mass is 10.3. The van der Waals surface area contributed by atoms with Gasteiger partial charge in [-0.15, -0.1) is 11.3 Å². The molecule has 0 saturated heterocycles. The van der Waals surface area contributed by atoms with Crippen LogP contribution in [-0.4, -0.2) is 30.5 Å². The number of nitrogens with zero attached hydrogens (tertiary/aromatic N) is 5. The molecule has 0 amide bonds. The largest absolute Gasteiger partial charge is 0.286 e. The predicted molar refractivity (Wildman–Crippen MR) is 82.3 cm³/mol. The summed E-state index contributed by atoms with van der Waals surface area (Å²) in [6.45, 7) is 6.06. The molecule has 3 aromatic heterocycles. The topological polar surface area (TPSA) is 63.3 Å². The van der Waals surface area contributed by atoms with E-state index >= 15 is 0 Å². The number of aromatic nitrogens is 5. The fourth-order valence-electron chi connectivity index (χ4n) is 2.06. The molecular formula is C12H14N6S2. The van der Waals surface area contributed by atoms with Crippen molar-refractivity contribution in [2.24, 2.45) is 5.10 Å². The number of fused-ring (bicyclic) bond motifs is 1. The Labute approximate surface area is 124 Å². The Morgan fingerprint density at radius 3 is 3.05 bits per heavy atom. The molecule has 3 aromatic rings. The van der Waals surface area contributed by atoms with E-state index in [0.717, 1.165) is 34.3 Å². The molecule has 0 saturated carbocycles. The third-order valence-corrected chi connectivity index (χ3v) is 4.29. The van der Waals surface area contributed by atoms with E-state index < -0.39 is 0 Å². The van der Waals surface area contributed by atoms with E-state index in [9.17, 15) is 0 Å². The molecule has 0 aliphatic carbocycles. The minimum absolute atomic E-state index is 0.499. The van der Waals surface area contributed by atoms with Crippen LogP contribution in [0.4, 0.5) is 0 Å². The normalized spacial score (nSPS) is 11.9. The van der Waals surface area contributed by atoms with Gasteiger partial charge in [0.15, 0.2) is 10.8 Å². The molecule has 0 aromatic carbocycles. The molecule has 0 atom stereocenters. The van der Waals surface area contributed by atoms with Gasteiger partial charge in [-0.1, -0.05) is 6.92 Å².